The molecule has 0 aromatic carbocycles. The molecule has 0 aliphatic heterocycles. The van der Waals surface area contributed by atoms with Gasteiger partial charge in [0, 0.05) is 17.0 Å². The zero-order valence-electron chi connectivity index (χ0n) is 7.60. The molecule has 0 atom stereocenters. The first-order chi connectivity index (χ1) is 5.65. The summed E-state index contributed by atoms with van der Waals surface area (Å²) in [5.74, 6) is 1.04. The number of aromatic amines is 1. The average Bonchev–Trinajstić information content (AvgIpc) is 2.30. The molecular weight excluding hydrogens is 186 g/mol. The zero-order chi connectivity index (χ0) is 9.14. The van der Waals surface area contributed by atoms with Gasteiger partial charge in [-0.15, -0.1) is 11.8 Å². The number of nitrogens with one attached hydrogen (secondary N) is 1. The van der Waals surface area contributed by atoms with Gasteiger partial charge in [0.1, 0.15) is 0 Å². The quantitative estimate of drug-likeness (QED) is 0.737. The summed E-state index contributed by atoms with van der Waals surface area (Å²) in [4.78, 5) is 3.25. The Labute approximate surface area is 82.9 Å². The van der Waals surface area contributed by atoms with Gasteiger partial charge in [-0.1, -0.05) is 19.1 Å². The van der Waals surface area contributed by atoms with Gasteiger partial charge in [0.15, 0.2) is 0 Å². The third-order valence-electron chi connectivity index (χ3n) is 1.64. The van der Waals surface area contributed by atoms with E-state index in [1.54, 1.807) is 11.8 Å². The molecule has 1 nitrogen and oxygen atoms in total. The second-order valence-electron chi connectivity index (χ2n) is 2.71. The molecule has 1 aromatic heterocycles. The smallest absolute Gasteiger partial charge is 0.0796 e. The number of aryl methyl sites for hydroxylation is 2. The Morgan fingerprint density at radius 2 is 2.25 bits per heavy atom. The van der Waals surface area contributed by atoms with Crippen LogP contribution >= 0.6 is 24.0 Å². The standard InChI is InChI=1S/C9H13NS2/c1-4-12-9(11)8-5-6(2)10-7(8)3/h5,10H,4H2,1-3H3. The van der Waals surface area contributed by atoms with Crippen molar-refractivity contribution >= 4 is 28.2 Å². The molecule has 0 aliphatic carbocycles. The van der Waals surface area contributed by atoms with E-state index in [2.05, 4.69) is 31.8 Å². The van der Waals surface area contributed by atoms with Crippen LogP contribution in [-0.4, -0.2) is 14.9 Å². The van der Waals surface area contributed by atoms with Gasteiger partial charge in [-0.05, 0) is 25.7 Å². The summed E-state index contributed by atoms with van der Waals surface area (Å²) in [6.07, 6.45) is 0. The molecular formula is C9H13NS2. The number of rotatable bonds is 2. The summed E-state index contributed by atoms with van der Waals surface area (Å²) < 4.78 is 0.999. The van der Waals surface area contributed by atoms with Crippen molar-refractivity contribution in [3.63, 3.8) is 0 Å². The van der Waals surface area contributed by atoms with Crippen molar-refractivity contribution < 1.29 is 0 Å². The van der Waals surface area contributed by atoms with E-state index in [-0.39, 0.29) is 0 Å². The molecule has 1 heterocycles. The Hall–Kier alpha value is -0.280. The molecule has 1 N–H and O–H groups in total. The second-order valence-corrected chi connectivity index (χ2v) is 4.65. The summed E-state index contributed by atoms with van der Waals surface area (Å²) in [6.45, 7) is 6.23. The van der Waals surface area contributed by atoms with Gasteiger partial charge in [-0.25, -0.2) is 0 Å². The topological polar surface area (TPSA) is 15.8 Å². The van der Waals surface area contributed by atoms with Crippen molar-refractivity contribution in [2.24, 2.45) is 0 Å². The lowest BCUT2D eigenvalue weighted by molar-refractivity contribution is 1.19. The number of thiocarbonyl (C=S) groups is 1. The number of hydrogen-bond acceptors (Lipinski definition) is 2. The molecule has 0 saturated carbocycles. The lowest BCUT2D eigenvalue weighted by atomic mass is 10.3. The monoisotopic (exact) mass is 199 g/mol. The van der Waals surface area contributed by atoms with Gasteiger partial charge in [-0.3, -0.25) is 0 Å². The Kier molecular flexibility index (Phi) is 3.35. The van der Waals surface area contributed by atoms with E-state index in [0.717, 1.165) is 9.95 Å². The summed E-state index contributed by atoms with van der Waals surface area (Å²) in [5.41, 5.74) is 3.55. The first kappa shape index (κ1) is 9.81. The molecule has 12 heavy (non-hydrogen) atoms. The van der Waals surface area contributed by atoms with Gasteiger partial charge in [0.05, 0.1) is 4.20 Å². The summed E-state index contributed by atoms with van der Waals surface area (Å²) in [5, 5.41) is 0. The van der Waals surface area contributed by atoms with E-state index >= 15 is 0 Å². The van der Waals surface area contributed by atoms with Crippen molar-refractivity contribution in [1.82, 2.24) is 4.98 Å². The maximum atomic E-state index is 5.26. The molecule has 0 radical (unpaired) electrons. The predicted molar refractivity (Wildman–Crippen MR) is 60.1 cm³/mol. The Bertz CT molecular complexity index is 289. The van der Waals surface area contributed by atoms with Gasteiger partial charge >= 0.3 is 0 Å². The highest BCUT2D eigenvalue weighted by molar-refractivity contribution is 8.23. The fraction of sp³-hybridized carbons (Fsp3) is 0.444. The molecule has 0 spiro atoms. The first-order valence-corrected chi connectivity index (χ1v) is 5.38. The summed E-state index contributed by atoms with van der Waals surface area (Å²) in [6, 6.07) is 2.11. The van der Waals surface area contributed by atoms with Crippen molar-refractivity contribution in [2.45, 2.75) is 20.8 Å². The maximum absolute atomic E-state index is 5.26. The molecule has 0 amide bonds. The van der Waals surface area contributed by atoms with Gasteiger partial charge in [-0.2, -0.15) is 0 Å². The molecule has 66 valence electrons. The SMILES string of the molecule is CCSC(=S)c1cc(C)[nH]c1C. The van der Waals surface area contributed by atoms with E-state index in [0.29, 0.717) is 0 Å². The van der Waals surface area contributed by atoms with Gasteiger partial charge in [0.2, 0.25) is 0 Å². The molecule has 0 saturated heterocycles. The molecule has 0 bridgehead atoms. The van der Waals surface area contributed by atoms with E-state index in [1.807, 2.05) is 0 Å². The minimum atomic E-state index is 0.999. The van der Waals surface area contributed by atoms with E-state index in [4.69, 9.17) is 12.2 Å². The van der Waals surface area contributed by atoms with Crippen LogP contribution in [0, 0.1) is 13.8 Å². The maximum Gasteiger partial charge on any atom is 0.0796 e. The number of H-pyrrole nitrogens is 1. The van der Waals surface area contributed by atoms with Crippen molar-refractivity contribution in [3.8, 4) is 0 Å². The van der Waals surface area contributed by atoms with Gasteiger partial charge < -0.3 is 4.98 Å². The summed E-state index contributed by atoms with van der Waals surface area (Å²) >= 11 is 6.99. The lowest BCUT2D eigenvalue weighted by Crippen LogP contribution is -1.92. The van der Waals surface area contributed by atoms with Crippen LogP contribution in [0.1, 0.15) is 23.9 Å². The largest absolute Gasteiger partial charge is 0.362 e. The highest BCUT2D eigenvalue weighted by Gasteiger charge is 2.06. The normalized spacial score (nSPS) is 10.2. The van der Waals surface area contributed by atoms with Crippen molar-refractivity contribution in [1.29, 1.82) is 0 Å². The Balaban J connectivity index is 2.87. The average molecular weight is 199 g/mol. The molecule has 1 aromatic rings. The Morgan fingerprint density at radius 3 is 2.67 bits per heavy atom. The number of thioether (sulfide) groups is 1. The van der Waals surface area contributed by atoms with Crippen LogP contribution in [0.25, 0.3) is 0 Å². The third kappa shape index (κ3) is 2.11. The van der Waals surface area contributed by atoms with Crippen LogP contribution in [0.15, 0.2) is 6.07 Å². The summed E-state index contributed by atoms with van der Waals surface area (Å²) in [7, 11) is 0. The molecule has 0 unspecified atom stereocenters. The van der Waals surface area contributed by atoms with E-state index < -0.39 is 0 Å². The predicted octanol–water partition coefficient (Wildman–Crippen LogP) is 3.06. The Morgan fingerprint density at radius 1 is 1.58 bits per heavy atom. The number of aromatic nitrogens is 1. The fourth-order valence-electron chi connectivity index (χ4n) is 1.14. The fourth-order valence-corrected chi connectivity index (χ4v) is 2.34. The van der Waals surface area contributed by atoms with E-state index in [1.165, 1.54) is 17.0 Å². The third-order valence-corrected chi connectivity index (χ3v) is 2.99. The minimum Gasteiger partial charge on any atom is -0.362 e. The van der Waals surface area contributed by atoms with Crippen LogP contribution < -0.4 is 0 Å². The molecule has 0 aliphatic rings. The van der Waals surface area contributed by atoms with Crippen LogP contribution in [0.3, 0.4) is 0 Å². The van der Waals surface area contributed by atoms with Crippen LogP contribution in [-0.2, 0) is 0 Å². The highest BCUT2D eigenvalue weighted by Crippen LogP contribution is 2.18. The van der Waals surface area contributed by atoms with Crippen molar-refractivity contribution in [3.05, 3.63) is 23.0 Å². The van der Waals surface area contributed by atoms with Crippen molar-refractivity contribution in [2.75, 3.05) is 5.75 Å². The molecule has 0 fully saturated rings. The molecule has 1 rings (SSSR count). The number of hydrogen-bond donors (Lipinski definition) is 1. The first-order valence-electron chi connectivity index (χ1n) is 3.98. The lowest BCUT2D eigenvalue weighted by Gasteiger charge is -1.98. The van der Waals surface area contributed by atoms with E-state index in [9.17, 15) is 0 Å². The van der Waals surface area contributed by atoms with Crippen LogP contribution in [0.5, 0.6) is 0 Å². The molecule has 3 heteroatoms. The highest BCUT2D eigenvalue weighted by atomic mass is 32.2. The second kappa shape index (κ2) is 4.10. The zero-order valence-corrected chi connectivity index (χ0v) is 9.23. The minimum absolute atomic E-state index is 0.999. The van der Waals surface area contributed by atoms with Crippen LogP contribution in [0.4, 0.5) is 0 Å². The van der Waals surface area contributed by atoms with Crippen LogP contribution in [0.2, 0.25) is 0 Å². The van der Waals surface area contributed by atoms with Gasteiger partial charge in [0.25, 0.3) is 0 Å².